The van der Waals surface area contributed by atoms with E-state index in [0.717, 1.165) is 5.75 Å². The van der Waals surface area contributed by atoms with E-state index in [2.05, 4.69) is 23.2 Å². The Morgan fingerprint density at radius 2 is 1.67 bits per heavy atom. The maximum atomic E-state index is 5.62. The number of aryl methyl sites for hydroxylation is 1. The Balaban J connectivity index is 2.71. The number of benzene rings is 1. The molecular formula is C10H13AlO. The van der Waals surface area contributed by atoms with E-state index in [1.807, 2.05) is 38.1 Å². The fourth-order valence-corrected chi connectivity index (χ4v) is 1.05. The predicted molar refractivity (Wildman–Crippen MR) is 51.6 cm³/mol. The molecule has 2 heteroatoms. The highest BCUT2D eigenvalue weighted by Crippen LogP contribution is 2.16. The smallest absolute Gasteiger partial charge is 0.197 e. The monoisotopic (exact) mass is 176 g/mol. The Morgan fingerprint density at radius 3 is 2.08 bits per heavy atom. The summed E-state index contributed by atoms with van der Waals surface area (Å²) in [6.45, 7) is 6.09. The summed E-state index contributed by atoms with van der Waals surface area (Å²) in [7, 11) is 0. The molecule has 62 valence electrons. The molecule has 1 rings (SSSR count). The summed E-state index contributed by atoms with van der Waals surface area (Å²) in [5.74, 6) is 0.917. The van der Waals surface area contributed by atoms with Crippen molar-refractivity contribution in [2.75, 3.05) is 0 Å². The summed E-state index contributed by atoms with van der Waals surface area (Å²) >= 11 is 2.65. The van der Waals surface area contributed by atoms with Crippen LogP contribution in [-0.4, -0.2) is 20.8 Å². The van der Waals surface area contributed by atoms with E-state index in [9.17, 15) is 0 Å². The molecule has 1 nitrogen and oxygen atoms in total. The lowest BCUT2D eigenvalue weighted by Gasteiger charge is -2.23. The number of hydrogen-bond donors (Lipinski definition) is 0. The topological polar surface area (TPSA) is 9.23 Å². The molecule has 1 aromatic carbocycles. The first kappa shape index (κ1) is 9.64. The van der Waals surface area contributed by atoms with Crippen LogP contribution in [0.3, 0.4) is 0 Å². The van der Waals surface area contributed by atoms with Crippen molar-refractivity contribution in [3.63, 3.8) is 0 Å². The van der Waals surface area contributed by atoms with Gasteiger partial charge in [-0.1, -0.05) is 17.7 Å². The lowest BCUT2D eigenvalue weighted by molar-refractivity contribution is 0.198. The maximum Gasteiger partial charge on any atom is 0.197 e. The molecular weight excluding hydrogens is 163 g/mol. The van der Waals surface area contributed by atoms with Crippen LogP contribution in [-0.2, 0) is 0 Å². The molecule has 0 saturated carbocycles. The molecule has 0 spiro atoms. The van der Waals surface area contributed by atoms with Crippen molar-refractivity contribution >= 4 is 16.3 Å². The largest absolute Gasteiger partial charge is 0.506 e. The minimum atomic E-state index is -0.185. The van der Waals surface area contributed by atoms with E-state index in [1.165, 1.54) is 5.56 Å². The zero-order chi connectivity index (χ0) is 9.19. The quantitative estimate of drug-likeness (QED) is 0.628. The fourth-order valence-electron chi connectivity index (χ4n) is 0.910. The summed E-state index contributed by atoms with van der Waals surface area (Å²) in [6, 6.07) is 8.07. The highest BCUT2D eigenvalue weighted by Gasteiger charge is 2.09. The van der Waals surface area contributed by atoms with Gasteiger partial charge in [-0.25, -0.2) is 0 Å². The van der Waals surface area contributed by atoms with Crippen molar-refractivity contribution < 1.29 is 4.74 Å². The summed E-state index contributed by atoms with van der Waals surface area (Å²) in [6.07, 6.45) is 0. The summed E-state index contributed by atoms with van der Waals surface area (Å²) in [4.78, 5) is 0. The van der Waals surface area contributed by atoms with E-state index >= 15 is 0 Å². The predicted octanol–water partition coefficient (Wildman–Crippen LogP) is 2.28. The number of hydrogen-bond acceptors (Lipinski definition) is 1. The molecule has 0 N–H and O–H groups in total. The van der Waals surface area contributed by atoms with Gasteiger partial charge in [0, 0.05) is 4.46 Å². The zero-order valence-electron chi connectivity index (χ0n) is 7.79. The van der Waals surface area contributed by atoms with Gasteiger partial charge in [-0.3, -0.25) is 0 Å². The third kappa shape index (κ3) is 3.30. The van der Waals surface area contributed by atoms with E-state index in [0.29, 0.717) is 0 Å². The molecule has 0 aliphatic heterocycles. The summed E-state index contributed by atoms with van der Waals surface area (Å²) < 4.78 is 5.43. The SMILES string of the molecule is Cc1ccc(O[C](C)(C)[Al])cc1. The van der Waals surface area contributed by atoms with Crippen molar-refractivity contribution in [1.29, 1.82) is 0 Å². The molecule has 0 saturated heterocycles. The molecule has 0 heterocycles. The standard InChI is InChI=1S/C10H13O.Al/c1-8(2)11-10-6-4-9(3)5-7-10;/h4-7H,1-3H3;. The summed E-state index contributed by atoms with van der Waals surface area (Å²) in [5.41, 5.74) is 1.25. The molecule has 0 bridgehead atoms. The Bertz CT molecular complexity index is 246. The number of ether oxygens (including phenoxy) is 1. The Morgan fingerprint density at radius 1 is 1.17 bits per heavy atom. The van der Waals surface area contributed by atoms with Crippen LogP contribution in [0, 0.1) is 6.92 Å². The van der Waals surface area contributed by atoms with Gasteiger partial charge in [-0.05, 0) is 32.9 Å². The Hall–Kier alpha value is -0.448. The Labute approximate surface area is 82.2 Å². The first-order valence-electron chi connectivity index (χ1n) is 4.02. The van der Waals surface area contributed by atoms with Crippen LogP contribution in [0.2, 0.25) is 0 Å². The molecule has 0 aliphatic rings. The second-order valence-corrected chi connectivity index (χ2v) is 4.91. The lowest BCUT2D eigenvalue weighted by atomic mass is 10.2. The van der Waals surface area contributed by atoms with Gasteiger partial charge >= 0.3 is 0 Å². The zero-order valence-corrected chi connectivity index (χ0v) is 8.95. The van der Waals surface area contributed by atoms with Crippen LogP contribution in [0.5, 0.6) is 5.75 Å². The van der Waals surface area contributed by atoms with Crippen LogP contribution >= 0.6 is 0 Å². The highest BCUT2D eigenvalue weighted by molar-refractivity contribution is 6.14. The molecule has 0 atom stereocenters. The van der Waals surface area contributed by atoms with Gasteiger partial charge in [0.2, 0.25) is 0 Å². The number of rotatable bonds is 2. The van der Waals surface area contributed by atoms with Crippen LogP contribution in [0.1, 0.15) is 19.4 Å². The second-order valence-electron chi connectivity index (χ2n) is 3.52. The molecule has 2 radical (unpaired) electrons. The van der Waals surface area contributed by atoms with E-state index < -0.39 is 0 Å². The second kappa shape index (κ2) is 3.51. The third-order valence-corrected chi connectivity index (χ3v) is 1.52. The van der Waals surface area contributed by atoms with E-state index in [4.69, 9.17) is 4.74 Å². The minimum absolute atomic E-state index is 0.185. The van der Waals surface area contributed by atoms with E-state index in [-0.39, 0.29) is 4.46 Å². The van der Waals surface area contributed by atoms with Crippen molar-refractivity contribution in [3.05, 3.63) is 29.8 Å². The van der Waals surface area contributed by atoms with Crippen LogP contribution in [0.15, 0.2) is 24.3 Å². The summed E-state index contributed by atoms with van der Waals surface area (Å²) in [5, 5.41) is 0. The molecule has 0 fully saturated rings. The molecule has 0 unspecified atom stereocenters. The van der Waals surface area contributed by atoms with Crippen molar-refractivity contribution in [2.24, 2.45) is 0 Å². The normalized spacial score (nSPS) is 11.2. The van der Waals surface area contributed by atoms with Gasteiger partial charge in [-0.15, -0.1) is 0 Å². The lowest BCUT2D eigenvalue weighted by Crippen LogP contribution is -2.27. The highest BCUT2D eigenvalue weighted by atomic mass is 27.0. The molecule has 1 aromatic rings. The molecule has 0 aliphatic carbocycles. The van der Waals surface area contributed by atoms with Crippen LogP contribution < -0.4 is 4.74 Å². The third-order valence-electron chi connectivity index (χ3n) is 1.40. The maximum absolute atomic E-state index is 5.62. The van der Waals surface area contributed by atoms with Crippen molar-refractivity contribution in [2.45, 2.75) is 25.2 Å². The van der Waals surface area contributed by atoms with Crippen molar-refractivity contribution in [3.8, 4) is 5.75 Å². The molecule has 12 heavy (non-hydrogen) atoms. The van der Waals surface area contributed by atoms with Gasteiger partial charge in [0.1, 0.15) is 5.75 Å². The first-order valence-corrected chi connectivity index (χ1v) is 4.60. The Kier molecular flexibility index (Phi) is 2.82. The van der Waals surface area contributed by atoms with Crippen LogP contribution in [0.4, 0.5) is 0 Å². The van der Waals surface area contributed by atoms with Crippen LogP contribution in [0.25, 0.3) is 0 Å². The minimum Gasteiger partial charge on any atom is -0.506 e. The molecule has 0 amide bonds. The van der Waals surface area contributed by atoms with Gasteiger partial charge in [0.15, 0.2) is 16.3 Å². The fraction of sp³-hybridized carbons (Fsp3) is 0.400. The van der Waals surface area contributed by atoms with Gasteiger partial charge in [0.25, 0.3) is 0 Å². The van der Waals surface area contributed by atoms with Gasteiger partial charge in [0.05, 0.1) is 0 Å². The molecule has 0 aromatic heterocycles. The van der Waals surface area contributed by atoms with E-state index in [1.54, 1.807) is 0 Å². The first-order chi connectivity index (χ1) is 5.47. The average molecular weight is 176 g/mol. The van der Waals surface area contributed by atoms with Gasteiger partial charge in [-0.2, -0.15) is 0 Å². The van der Waals surface area contributed by atoms with Gasteiger partial charge < -0.3 is 4.74 Å². The van der Waals surface area contributed by atoms with Crippen molar-refractivity contribution in [1.82, 2.24) is 0 Å². The average Bonchev–Trinajstić information content (AvgIpc) is 1.91.